The van der Waals surface area contributed by atoms with Crippen molar-refractivity contribution in [1.82, 2.24) is 4.90 Å². The number of hydrogen-bond acceptors (Lipinski definition) is 4. The highest BCUT2D eigenvalue weighted by atomic mass is 16.5. The third-order valence-electron chi connectivity index (χ3n) is 2.93. The summed E-state index contributed by atoms with van der Waals surface area (Å²) in [4.78, 5) is 2.26. The molecule has 0 fully saturated rings. The molecule has 1 atom stereocenters. The van der Waals surface area contributed by atoms with Crippen molar-refractivity contribution in [2.45, 2.75) is 32.4 Å². The van der Waals surface area contributed by atoms with Gasteiger partial charge in [-0.05, 0) is 45.5 Å². The molecule has 0 spiro atoms. The fourth-order valence-electron chi connectivity index (χ4n) is 1.92. The summed E-state index contributed by atoms with van der Waals surface area (Å²) in [6.45, 7) is 4.24. The molecule has 0 saturated carbocycles. The first-order valence-electron chi connectivity index (χ1n) is 6.12. The summed E-state index contributed by atoms with van der Waals surface area (Å²) in [6, 6.07) is 4.42. The molecule has 17 heavy (non-hydrogen) atoms. The van der Waals surface area contributed by atoms with Gasteiger partial charge in [0.1, 0.15) is 11.5 Å². The summed E-state index contributed by atoms with van der Waals surface area (Å²) in [5, 5.41) is 0. The Kier molecular flexibility index (Phi) is 6.26. The predicted molar refractivity (Wildman–Crippen MR) is 68.9 cm³/mol. The van der Waals surface area contributed by atoms with E-state index in [0.29, 0.717) is 6.04 Å². The fraction of sp³-hybridized carbons (Fsp3) is 0.692. The van der Waals surface area contributed by atoms with E-state index in [-0.39, 0.29) is 0 Å². The zero-order chi connectivity index (χ0) is 12.7. The van der Waals surface area contributed by atoms with E-state index in [1.54, 1.807) is 7.11 Å². The molecule has 2 N–H and O–H groups in total. The van der Waals surface area contributed by atoms with E-state index in [0.717, 1.165) is 44.1 Å². The number of methoxy groups -OCH3 is 1. The molecular formula is C13H24N2O2. The van der Waals surface area contributed by atoms with E-state index in [1.165, 1.54) is 0 Å². The molecule has 98 valence electrons. The van der Waals surface area contributed by atoms with E-state index in [9.17, 15) is 0 Å². The van der Waals surface area contributed by atoms with Crippen molar-refractivity contribution in [3.63, 3.8) is 0 Å². The van der Waals surface area contributed by atoms with Crippen LogP contribution >= 0.6 is 0 Å². The van der Waals surface area contributed by atoms with Crippen LogP contribution in [0, 0.1) is 6.92 Å². The Hall–Kier alpha value is -0.840. The molecule has 0 radical (unpaired) electrons. The van der Waals surface area contributed by atoms with Gasteiger partial charge in [0.2, 0.25) is 0 Å². The van der Waals surface area contributed by atoms with E-state index in [2.05, 4.69) is 11.9 Å². The average molecular weight is 240 g/mol. The molecular weight excluding hydrogens is 216 g/mol. The normalized spacial score (nSPS) is 13.2. The SMILES string of the molecule is COCC(CCCN)N(C)Cc1ccc(C)o1. The van der Waals surface area contributed by atoms with Crippen LogP contribution < -0.4 is 5.73 Å². The van der Waals surface area contributed by atoms with E-state index in [1.807, 2.05) is 19.1 Å². The van der Waals surface area contributed by atoms with Crippen LogP contribution in [0.1, 0.15) is 24.4 Å². The maximum atomic E-state index is 5.58. The molecule has 4 nitrogen and oxygen atoms in total. The van der Waals surface area contributed by atoms with E-state index < -0.39 is 0 Å². The van der Waals surface area contributed by atoms with Gasteiger partial charge in [0, 0.05) is 13.2 Å². The highest BCUT2D eigenvalue weighted by molar-refractivity contribution is 5.05. The van der Waals surface area contributed by atoms with Gasteiger partial charge < -0.3 is 14.9 Å². The molecule has 0 aliphatic heterocycles. The van der Waals surface area contributed by atoms with Crippen molar-refractivity contribution in [3.05, 3.63) is 23.7 Å². The minimum absolute atomic E-state index is 0.397. The minimum Gasteiger partial charge on any atom is -0.465 e. The average Bonchev–Trinajstić information content (AvgIpc) is 2.70. The maximum absolute atomic E-state index is 5.58. The first-order valence-corrected chi connectivity index (χ1v) is 6.12. The topological polar surface area (TPSA) is 51.6 Å². The quantitative estimate of drug-likeness (QED) is 0.752. The number of furan rings is 1. The standard InChI is InChI=1S/C13H24N2O2/c1-11-6-7-13(17-11)9-15(2)12(10-16-3)5-4-8-14/h6-7,12H,4-5,8-10,14H2,1-3H3. The molecule has 1 aromatic heterocycles. The van der Waals surface area contributed by atoms with E-state index >= 15 is 0 Å². The number of hydrogen-bond donors (Lipinski definition) is 1. The summed E-state index contributed by atoms with van der Waals surface area (Å²) in [6.07, 6.45) is 2.08. The van der Waals surface area contributed by atoms with Gasteiger partial charge in [-0.3, -0.25) is 4.90 Å². The molecule has 0 amide bonds. The molecule has 0 aliphatic carbocycles. The Bertz CT molecular complexity index is 312. The van der Waals surface area contributed by atoms with Gasteiger partial charge in [0.25, 0.3) is 0 Å². The molecule has 0 aliphatic rings. The van der Waals surface area contributed by atoms with Crippen LogP contribution in [0.15, 0.2) is 16.5 Å². The largest absolute Gasteiger partial charge is 0.465 e. The number of ether oxygens (including phenoxy) is 1. The predicted octanol–water partition coefficient (Wildman–Crippen LogP) is 1.77. The van der Waals surface area contributed by atoms with Gasteiger partial charge in [-0.1, -0.05) is 0 Å². The van der Waals surface area contributed by atoms with Crippen molar-refractivity contribution >= 4 is 0 Å². The number of nitrogens with two attached hydrogens (primary N) is 1. The number of likely N-dealkylation sites (N-methyl/N-ethyl adjacent to an activating group) is 1. The Morgan fingerprint density at radius 1 is 1.47 bits per heavy atom. The second-order valence-corrected chi connectivity index (χ2v) is 4.47. The van der Waals surface area contributed by atoms with Gasteiger partial charge in [-0.2, -0.15) is 0 Å². The first kappa shape index (κ1) is 14.2. The number of nitrogens with zero attached hydrogens (tertiary/aromatic N) is 1. The lowest BCUT2D eigenvalue weighted by atomic mass is 10.1. The summed E-state index contributed by atoms with van der Waals surface area (Å²) in [5.74, 6) is 1.96. The highest BCUT2D eigenvalue weighted by Crippen LogP contribution is 2.13. The lowest BCUT2D eigenvalue weighted by Crippen LogP contribution is -2.35. The lowest BCUT2D eigenvalue weighted by Gasteiger charge is -2.26. The monoisotopic (exact) mass is 240 g/mol. The summed E-state index contributed by atoms with van der Waals surface area (Å²) in [7, 11) is 3.83. The van der Waals surface area contributed by atoms with Crippen molar-refractivity contribution in [1.29, 1.82) is 0 Å². The molecule has 0 aromatic carbocycles. The molecule has 1 heterocycles. The Labute approximate surface area is 104 Å². The first-order chi connectivity index (χ1) is 8.17. The second-order valence-electron chi connectivity index (χ2n) is 4.47. The minimum atomic E-state index is 0.397. The van der Waals surface area contributed by atoms with Crippen LogP contribution in [0.3, 0.4) is 0 Å². The van der Waals surface area contributed by atoms with Crippen molar-refractivity contribution in [2.24, 2.45) is 5.73 Å². The molecule has 0 bridgehead atoms. The third kappa shape index (κ3) is 4.89. The van der Waals surface area contributed by atoms with Gasteiger partial charge in [0.05, 0.1) is 13.2 Å². The smallest absolute Gasteiger partial charge is 0.118 e. The van der Waals surface area contributed by atoms with Crippen LogP contribution in [-0.2, 0) is 11.3 Å². The zero-order valence-corrected chi connectivity index (χ0v) is 11.1. The Morgan fingerprint density at radius 2 is 2.24 bits per heavy atom. The number of aryl methyl sites for hydroxylation is 1. The summed E-state index contributed by atoms with van der Waals surface area (Å²) in [5.41, 5.74) is 5.55. The Morgan fingerprint density at radius 3 is 2.76 bits per heavy atom. The number of rotatable bonds is 8. The molecule has 1 unspecified atom stereocenters. The van der Waals surface area contributed by atoms with Crippen LogP contribution in [0.25, 0.3) is 0 Å². The van der Waals surface area contributed by atoms with Crippen molar-refractivity contribution < 1.29 is 9.15 Å². The van der Waals surface area contributed by atoms with Crippen LogP contribution in [0.4, 0.5) is 0 Å². The molecule has 1 rings (SSSR count). The lowest BCUT2D eigenvalue weighted by molar-refractivity contribution is 0.0920. The summed E-state index contributed by atoms with van der Waals surface area (Å²) < 4.78 is 10.8. The van der Waals surface area contributed by atoms with Crippen molar-refractivity contribution in [2.75, 3.05) is 27.3 Å². The molecule has 1 aromatic rings. The Balaban J connectivity index is 2.48. The van der Waals surface area contributed by atoms with Crippen molar-refractivity contribution in [3.8, 4) is 0 Å². The maximum Gasteiger partial charge on any atom is 0.118 e. The molecule has 0 saturated heterocycles. The van der Waals surface area contributed by atoms with Crippen LogP contribution in [-0.4, -0.2) is 38.3 Å². The van der Waals surface area contributed by atoms with Gasteiger partial charge >= 0.3 is 0 Å². The van der Waals surface area contributed by atoms with Gasteiger partial charge in [0.15, 0.2) is 0 Å². The third-order valence-corrected chi connectivity index (χ3v) is 2.93. The van der Waals surface area contributed by atoms with Gasteiger partial charge in [-0.15, -0.1) is 0 Å². The van der Waals surface area contributed by atoms with Gasteiger partial charge in [-0.25, -0.2) is 0 Å². The second kappa shape index (κ2) is 7.48. The van der Waals surface area contributed by atoms with Crippen LogP contribution in [0.2, 0.25) is 0 Å². The highest BCUT2D eigenvalue weighted by Gasteiger charge is 2.15. The summed E-state index contributed by atoms with van der Waals surface area (Å²) >= 11 is 0. The fourth-order valence-corrected chi connectivity index (χ4v) is 1.92. The zero-order valence-electron chi connectivity index (χ0n) is 11.1. The van der Waals surface area contributed by atoms with E-state index in [4.69, 9.17) is 14.9 Å². The molecule has 4 heteroatoms. The van der Waals surface area contributed by atoms with Crippen LogP contribution in [0.5, 0.6) is 0 Å².